The van der Waals surface area contributed by atoms with E-state index in [1.54, 1.807) is 0 Å². The van der Waals surface area contributed by atoms with Gasteiger partial charge in [0.25, 0.3) is 20.2 Å². The topological polar surface area (TPSA) is 143 Å². The van der Waals surface area contributed by atoms with E-state index in [0.29, 0.717) is 25.7 Å². The van der Waals surface area contributed by atoms with Crippen LogP contribution in [0, 0.1) is 33.5 Å². The van der Waals surface area contributed by atoms with E-state index in [4.69, 9.17) is 9.11 Å². The highest BCUT2D eigenvalue weighted by Gasteiger charge is 2.66. The SMILES string of the molecule is CC1(C)C2CC[C@]1(CS(=O)(=O)O)C(=O)C2.CC1(C)C2CC[C@]1(CS(=O)(=O)O)C(=O)C2. The number of Topliss-reactive ketones (excluding diaryl/α,β-unsaturated/α-hetero) is 2. The van der Waals surface area contributed by atoms with Gasteiger partial charge in [-0.3, -0.25) is 18.7 Å². The molecule has 10 heteroatoms. The summed E-state index contributed by atoms with van der Waals surface area (Å²) < 4.78 is 62.0. The lowest BCUT2D eigenvalue weighted by molar-refractivity contribution is -0.128. The van der Waals surface area contributed by atoms with E-state index in [-0.39, 0.29) is 34.2 Å². The van der Waals surface area contributed by atoms with Gasteiger partial charge in [-0.25, -0.2) is 0 Å². The zero-order chi connectivity index (χ0) is 23.0. The first-order valence-corrected chi connectivity index (χ1v) is 13.6. The van der Waals surface area contributed by atoms with Crippen LogP contribution in [-0.4, -0.2) is 49.0 Å². The Morgan fingerprint density at radius 1 is 0.733 bits per heavy atom. The van der Waals surface area contributed by atoms with Crippen molar-refractivity contribution in [1.82, 2.24) is 0 Å². The van der Waals surface area contributed by atoms with Gasteiger partial charge in [0.2, 0.25) is 0 Å². The summed E-state index contributed by atoms with van der Waals surface area (Å²) in [5.74, 6) is -0.203. The maximum Gasteiger partial charge on any atom is 0.265 e. The standard InChI is InChI=1S/2C10H16O4S/c2*1-9(2)7-3-4-10(9,8(11)5-7)6-15(12,13)14/h2*7H,3-6H2,1-2H3,(H,12,13,14)/t2*7?,10-/m00/s1. The monoisotopic (exact) mass is 464 g/mol. The fourth-order valence-electron chi connectivity index (χ4n) is 6.84. The minimum Gasteiger partial charge on any atom is -0.299 e. The van der Waals surface area contributed by atoms with E-state index in [1.165, 1.54) is 0 Å². The molecule has 4 aliphatic rings. The van der Waals surface area contributed by atoms with Crippen molar-refractivity contribution >= 4 is 31.8 Å². The third kappa shape index (κ3) is 3.47. The second-order valence-corrected chi connectivity index (χ2v) is 13.7. The average Bonchev–Trinajstić information content (AvgIpc) is 3.05. The lowest BCUT2D eigenvalue weighted by atomic mass is 9.70. The van der Waals surface area contributed by atoms with E-state index in [9.17, 15) is 26.4 Å². The van der Waals surface area contributed by atoms with E-state index in [0.717, 1.165) is 12.8 Å². The van der Waals surface area contributed by atoms with Crippen LogP contribution in [0.25, 0.3) is 0 Å². The first-order chi connectivity index (χ1) is 13.4. The molecule has 0 radical (unpaired) electrons. The Morgan fingerprint density at radius 3 is 1.20 bits per heavy atom. The van der Waals surface area contributed by atoms with Crippen molar-refractivity contribution in [3.63, 3.8) is 0 Å². The van der Waals surface area contributed by atoms with Crippen LogP contribution in [-0.2, 0) is 29.8 Å². The fraction of sp³-hybridized carbons (Fsp3) is 0.900. The summed E-state index contributed by atoms with van der Waals surface area (Å²) in [5, 5.41) is 0. The Bertz CT molecular complexity index is 898. The molecule has 8 nitrogen and oxygen atoms in total. The molecule has 0 aliphatic heterocycles. The molecule has 0 spiro atoms. The molecular weight excluding hydrogens is 432 g/mol. The van der Waals surface area contributed by atoms with E-state index < -0.39 is 42.6 Å². The van der Waals surface area contributed by atoms with Gasteiger partial charge in [0.15, 0.2) is 0 Å². The highest BCUT2D eigenvalue weighted by Crippen LogP contribution is 2.65. The van der Waals surface area contributed by atoms with Crippen LogP contribution < -0.4 is 0 Å². The van der Waals surface area contributed by atoms with Crippen LogP contribution in [0.4, 0.5) is 0 Å². The third-order valence-corrected chi connectivity index (χ3v) is 10.9. The molecule has 172 valence electrons. The first kappa shape index (κ1) is 23.8. The molecule has 0 aromatic heterocycles. The van der Waals surface area contributed by atoms with Crippen molar-refractivity contribution in [3.8, 4) is 0 Å². The Kier molecular flexibility index (Phi) is 5.42. The minimum absolute atomic E-state index is 0.0152. The largest absolute Gasteiger partial charge is 0.299 e. The molecule has 2 unspecified atom stereocenters. The highest BCUT2D eigenvalue weighted by atomic mass is 32.2. The fourth-order valence-corrected chi connectivity index (χ4v) is 9.44. The third-order valence-electron chi connectivity index (χ3n) is 9.14. The molecule has 4 fully saturated rings. The van der Waals surface area contributed by atoms with Gasteiger partial charge < -0.3 is 0 Å². The van der Waals surface area contributed by atoms with E-state index >= 15 is 0 Å². The molecule has 30 heavy (non-hydrogen) atoms. The van der Waals surface area contributed by atoms with Crippen LogP contribution in [0.2, 0.25) is 0 Å². The zero-order valence-electron chi connectivity index (χ0n) is 18.0. The van der Waals surface area contributed by atoms with Crippen molar-refractivity contribution in [2.75, 3.05) is 11.5 Å². The quantitative estimate of drug-likeness (QED) is 0.604. The summed E-state index contributed by atoms with van der Waals surface area (Å²) in [4.78, 5) is 23.8. The maximum atomic E-state index is 11.9. The van der Waals surface area contributed by atoms with Crippen LogP contribution in [0.1, 0.15) is 66.2 Å². The van der Waals surface area contributed by atoms with Crippen LogP contribution in [0.15, 0.2) is 0 Å². The summed E-state index contributed by atoms with van der Waals surface area (Å²) in [6.45, 7) is 7.78. The molecule has 4 rings (SSSR count). The van der Waals surface area contributed by atoms with Crippen LogP contribution in [0.5, 0.6) is 0 Å². The lowest BCUT2D eigenvalue weighted by Gasteiger charge is -2.35. The molecule has 4 bridgehead atoms. The second-order valence-electron chi connectivity index (χ2n) is 10.8. The Hall–Kier alpha value is -0.840. The van der Waals surface area contributed by atoms with E-state index in [1.807, 2.05) is 27.7 Å². The van der Waals surface area contributed by atoms with Gasteiger partial charge in [0.1, 0.15) is 11.6 Å². The molecule has 0 heterocycles. The summed E-state index contributed by atoms with van der Waals surface area (Å²) in [5.41, 5.74) is -2.24. The molecule has 4 saturated carbocycles. The van der Waals surface area contributed by atoms with Crippen molar-refractivity contribution in [1.29, 1.82) is 0 Å². The molecule has 0 aromatic carbocycles. The Morgan fingerprint density at radius 2 is 1.03 bits per heavy atom. The summed E-state index contributed by atoms with van der Waals surface area (Å²) in [7, 11) is -8.15. The molecular formula is C20H32O8S2. The normalized spacial score (nSPS) is 38.6. The summed E-state index contributed by atoms with van der Waals surface area (Å²) >= 11 is 0. The van der Waals surface area contributed by atoms with Crippen molar-refractivity contribution < 1.29 is 35.5 Å². The number of fused-ring (bicyclic) bond motifs is 4. The zero-order valence-corrected chi connectivity index (χ0v) is 19.6. The number of ketones is 2. The number of hydrogen-bond acceptors (Lipinski definition) is 6. The Labute approximate surface area is 178 Å². The van der Waals surface area contributed by atoms with Crippen molar-refractivity contribution in [3.05, 3.63) is 0 Å². The van der Waals surface area contributed by atoms with Gasteiger partial charge in [-0.15, -0.1) is 0 Å². The number of carbonyl (C=O) groups excluding carboxylic acids is 2. The lowest BCUT2D eigenvalue weighted by Crippen LogP contribution is -2.42. The predicted octanol–water partition coefficient (Wildman–Crippen LogP) is 2.54. The van der Waals surface area contributed by atoms with Gasteiger partial charge >= 0.3 is 0 Å². The molecule has 0 aromatic rings. The van der Waals surface area contributed by atoms with Gasteiger partial charge in [-0.1, -0.05) is 27.7 Å². The Balaban J connectivity index is 0.000000171. The molecule has 0 amide bonds. The van der Waals surface area contributed by atoms with Gasteiger partial charge in [-0.05, 0) is 48.3 Å². The number of carbonyl (C=O) groups is 2. The average molecular weight is 465 g/mol. The van der Waals surface area contributed by atoms with Gasteiger partial charge in [0, 0.05) is 12.8 Å². The van der Waals surface area contributed by atoms with Crippen LogP contribution in [0.3, 0.4) is 0 Å². The van der Waals surface area contributed by atoms with E-state index in [2.05, 4.69) is 0 Å². The summed E-state index contributed by atoms with van der Waals surface area (Å²) in [6.07, 6.45) is 3.94. The minimum atomic E-state index is -4.08. The van der Waals surface area contributed by atoms with Gasteiger partial charge in [0.05, 0.1) is 22.3 Å². The first-order valence-electron chi connectivity index (χ1n) is 10.3. The predicted molar refractivity (Wildman–Crippen MR) is 110 cm³/mol. The second kappa shape index (κ2) is 6.83. The highest BCUT2D eigenvalue weighted by molar-refractivity contribution is 7.86. The smallest absolute Gasteiger partial charge is 0.265 e. The number of hydrogen-bond donors (Lipinski definition) is 2. The summed E-state index contributed by atoms with van der Waals surface area (Å²) in [6, 6.07) is 0. The number of rotatable bonds is 4. The van der Waals surface area contributed by atoms with Gasteiger partial charge in [-0.2, -0.15) is 16.8 Å². The molecule has 0 saturated heterocycles. The molecule has 2 N–H and O–H groups in total. The molecule has 4 atom stereocenters. The van der Waals surface area contributed by atoms with Crippen molar-refractivity contribution in [2.24, 2.45) is 33.5 Å². The maximum absolute atomic E-state index is 11.9. The molecule has 4 aliphatic carbocycles. The van der Waals surface area contributed by atoms with Crippen molar-refractivity contribution in [2.45, 2.75) is 66.2 Å². The van der Waals surface area contributed by atoms with Crippen LogP contribution >= 0.6 is 0 Å².